The van der Waals surface area contributed by atoms with E-state index in [-0.39, 0.29) is 84.6 Å². The van der Waals surface area contributed by atoms with Gasteiger partial charge in [-0.2, -0.15) is 0 Å². The second-order valence-electron chi connectivity index (χ2n) is 27.8. The van der Waals surface area contributed by atoms with E-state index in [1.807, 2.05) is 36.7 Å². The Balaban J connectivity index is 1.04. The average Bonchev–Trinajstić information content (AvgIpc) is 1.51. The molecule has 10 atom stereocenters. The summed E-state index contributed by atoms with van der Waals surface area (Å²) in [5.41, 5.74) is 8.87. The van der Waals surface area contributed by atoms with Crippen molar-refractivity contribution in [3.63, 3.8) is 0 Å². The van der Waals surface area contributed by atoms with Gasteiger partial charge in [0.2, 0.25) is 0 Å². The van der Waals surface area contributed by atoms with E-state index in [0.717, 1.165) is 126 Å². The number of fused-ring (bicyclic) bond motifs is 11. The van der Waals surface area contributed by atoms with Gasteiger partial charge < -0.3 is 56.0 Å². The van der Waals surface area contributed by atoms with Gasteiger partial charge in [-0.25, -0.2) is 0 Å². The highest BCUT2D eigenvalue weighted by molar-refractivity contribution is 6.06. The Morgan fingerprint density at radius 1 is 0.733 bits per heavy atom. The number of carbonyl (C=O) groups excluding carboxylic acids is 2. The van der Waals surface area contributed by atoms with Crippen LogP contribution in [0.15, 0.2) is 103 Å². The highest BCUT2D eigenvalue weighted by atomic mass is 16.5. The zero-order valence-corrected chi connectivity index (χ0v) is 51.2. The van der Waals surface area contributed by atoms with Crippen molar-refractivity contribution in [2.75, 3.05) is 25.0 Å². The molecule has 6 aliphatic carbocycles. The van der Waals surface area contributed by atoms with E-state index in [9.17, 15) is 30.6 Å². The summed E-state index contributed by atoms with van der Waals surface area (Å²) in [6, 6.07) is 25.0. The molecule has 464 valence electrons. The maximum atomic E-state index is 16.9. The summed E-state index contributed by atoms with van der Waals surface area (Å²) in [4.78, 5) is 39.8. The summed E-state index contributed by atoms with van der Waals surface area (Å²) < 4.78 is 6.73. The number of aliphatic hydroxyl groups excluding tert-OH is 3. The molecule has 10 N–H and O–H groups in total. The van der Waals surface area contributed by atoms with E-state index in [1.165, 1.54) is 0 Å². The lowest BCUT2D eigenvalue weighted by atomic mass is 9.58. The van der Waals surface area contributed by atoms with Gasteiger partial charge in [-0.3, -0.25) is 9.59 Å². The van der Waals surface area contributed by atoms with Crippen LogP contribution in [0.5, 0.6) is 17.2 Å². The molecule has 0 saturated heterocycles. The van der Waals surface area contributed by atoms with Gasteiger partial charge in [-0.05, 0) is 211 Å². The predicted molar refractivity (Wildman–Crippen MR) is 347 cm³/mol. The maximum Gasteiger partial charge on any atom is 0.163 e. The Hall–Kier alpha value is -7.62. The van der Waals surface area contributed by atoms with Gasteiger partial charge in [0.25, 0.3) is 0 Å². The van der Waals surface area contributed by atoms with Gasteiger partial charge in [-0.15, -0.1) is 0 Å². The van der Waals surface area contributed by atoms with Crippen LogP contribution in [0.4, 0.5) is 5.82 Å². The van der Waals surface area contributed by atoms with Crippen LogP contribution in [0.2, 0.25) is 0 Å². The van der Waals surface area contributed by atoms with Crippen molar-refractivity contribution >= 4 is 29.0 Å². The van der Waals surface area contributed by atoms with Gasteiger partial charge >= 0.3 is 0 Å². The number of phenols is 2. The number of aliphatic hydroxyl groups is 4. The Morgan fingerprint density at radius 2 is 1.57 bits per heavy atom. The zero-order valence-electron chi connectivity index (χ0n) is 51.2. The molecule has 13 nitrogen and oxygen atoms in total. The van der Waals surface area contributed by atoms with Gasteiger partial charge in [0, 0.05) is 78.9 Å². The summed E-state index contributed by atoms with van der Waals surface area (Å²) in [7, 11) is 0. The lowest BCUT2D eigenvalue weighted by Gasteiger charge is -2.46. The molecule has 2 aromatic heterocycles. The van der Waals surface area contributed by atoms with Crippen LogP contribution in [-0.2, 0) is 40.7 Å². The molecule has 90 heavy (non-hydrogen) atoms. The number of benzene rings is 4. The topological polar surface area (TPSA) is 220 Å². The van der Waals surface area contributed by atoms with Gasteiger partial charge in [0.1, 0.15) is 29.5 Å². The fourth-order valence-corrected chi connectivity index (χ4v) is 18.4. The fraction of sp³-hybridized carbons (Fsp3) is 0.455. The molecule has 3 fully saturated rings. The molecule has 3 aliphatic heterocycles. The molecule has 0 amide bonds. The number of phenolic OH excluding ortho intramolecular Hbond substituents is 2. The molecule has 15 rings (SSSR count). The number of H-pyrrole nitrogens is 2. The summed E-state index contributed by atoms with van der Waals surface area (Å²) in [5, 5.41) is 84.0. The number of allylic oxidation sites excluding steroid dienone is 1. The molecule has 4 aromatic carbocycles. The molecule has 9 aliphatic rings. The van der Waals surface area contributed by atoms with E-state index in [4.69, 9.17) is 4.74 Å². The van der Waals surface area contributed by atoms with E-state index < -0.39 is 65.3 Å². The van der Waals surface area contributed by atoms with Gasteiger partial charge in [-0.1, -0.05) is 91.1 Å². The number of rotatable bonds is 6. The molecule has 6 aromatic rings. The van der Waals surface area contributed by atoms with Crippen molar-refractivity contribution in [2.24, 2.45) is 29.1 Å². The Kier molecular flexibility index (Phi) is 15.4. The number of aromatic hydroxyl groups is 2. The van der Waals surface area contributed by atoms with Crippen molar-refractivity contribution in [1.29, 1.82) is 0 Å². The number of ketones is 2. The smallest absolute Gasteiger partial charge is 0.163 e. The van der Waals surface area contributed by atoms with Crippen LogP contribution in [0.25, 0.3) is 22.8 Å². The number of aryl methyl sites for hydroxylation is 3. The van der Waals surface area contributed by atoms with Gasteiger partial charge in [0.05, 0.1) is 35.6 Å². The van der Waals surface area contributed by atoms with Crippen LogP contribution < -0.4 is 15.4 Å². The zero-order chi connectivity index (χ0) is 61.5. The molecule has 5 heterocycles. The number of aromatic nitrogens is 2. The maximum absolute atomic E-state index is 16.9. The monoisotopic (exact) mass is 1210 g/mol. The third kappa shape index (κ3) is 10.1. The first-order valence-corrected chi connectivity index (χ1v) is 33.4. The summed E-state index contributed by atoms with van der Waals surface area (Å²) >= 11 is 0. The largest absolute Gasteiger partial charge is 0.507 e. The van der Waals surface area contributed by atoms with Crippen molar-refractivity contribution in [3.05, 3.63) is 164 Å². The van der Waals surface area contributed by atoms with Crippen LogP contribution in [0.1, 0.15) is 176 Å². The molecule has 0 unspecified atom stereocenters. The predicted octanol–water partition coefficient (Wildman–Crippen LogP) is 11.4. The minimum Gasteiger partial charge on any atom is -0.507 e. The normalized spacial score (nSPS) is 29.2. The minimum atomic E-state index is -1.51. The number of anilines is 1. The van der Waals surface area contributed by atoms with Crippen LogP contribution >= 0.6 is 0 Å². The second-order valence-corrected chi connectivity index (χ2v) is 27.8. The molecular formula is C77H82N4O9. The quantitative estimate of drug-likeness (QED) is 0.0558. The number of hydrogen-bond acceptors (Lipinski definition) is 11. The Labute approximate surface area is 526 Å². The summed E-state index contributed by atoms with van der Waals surface area (Å²) in [6.07, 6.45) is 16.4. The number of carbonyl (C=O) groups is 2. The van der Waals surface area contributed by atoms with Gasteiger partial charge in [0.15, 0.2) is 17.3 Å². The molecular weight excluding hydrogens is 1120 g/mol. The minimum absolute atomic E-state index is 0.0572. The van der Waals surface area contributed by atoms with Crippen molar-refractivity contribution in [1.82, 2.24) is 15.3 Å². The summed E-state index contributed by atoms with van der Waals surface area (Å²) in [6.45, 7) is 0.528. The number of ether oxygens (including phenoxy) is 1. The van der Waals surface area contributed by atoms with E-state index >= 15 is 9.59 Å². The van der Waals surface area contributed by atoms with E-state index in [2.05, 4.69) is 80.7 Å². The third-order valence-electron chi connectivity index (χ3n) is 22.8. The standard InChI is InChI=1S/C77H82N4O9/c82-37-27-55-64(84)22-19-45-38-59(71(86)65(39-45)90-51-13-2-3-14-51)70(85)58-41-50-40-48-25-35-80-74(48)81-62-21-20-49-44-78-34-9-12-46-10-1-4-15-52(46)57(58)42-61(50)77(73(49)88)33-32-75(28-5-6-29-75)66(77)18-8-16-56-67(62)68(72(55)87)60(54-26-36-79-69(54)56)43-76(89)30-23-47-11-7-17-63(83)53(47)24-31-76/h1,4,7,10-11,15,17,24-26,31,35-36,38-39,41-42,49,51,55,60,62,66,68,70,73,78-83,85-86,88-89H,2-3,5-6,9,12-14,16,19,22-23,27-30,32-34,37,40,43-44H2/t49-,55+,60+,62+,66+,68-,70+,73+,76+,77+/m0/s1. The van der Waals surface area contributed by atoms with Crippen molar-refractivity contribution < 1.29 is 45.0 Å². The highest BCUT2D eigenvalue weighted by Crippen LogP contribution is 2.65. The molecule has 9 bridgehead atoms. The molecule has 2 spiro atoms. The average molecular weight is 1210 g/mol. The molecule has 3 saturated carbocycles. The lowest BCUT2D eigenvalue weighted by Crippen LogP contribution is -2.51. The Morgan fingerprint density at radius 3 is 2.42 bits per heavy atom. The van der Waals surface area contributed by atoms with E-state index in [1.54, 1.807) is 30.4 Å². The number of hydrogen-bond donors (Lipinski definition) is 10. The SMILES string of the molecule is O=C1CCc2cc(OC3CCCC3)c(O)c(c2)[C@H](O)c2cc3c4cc2-c2ccccc2CCCNC[C@@H]2C#C[C@@H](Nc5[nH]ccc5C3)C3=C(CC#C[C@@H]5C6(CCCC6)CC[C@@]45[C@@H]2O)c2[nH]ccc2[C@@H](C[C@]2(O)C=Cc4c(O)cccc4CC2)[C@@H]3C(=O)[C@@H]1CCO. The van der Waals surface area contributed by atoms with E-state index in [0.29, 0.717) is 60.4 Å². The number of Topliss-reactive ketones (excluding diaryl/α,β-unsaturated/α-hetero) is 2. The molecule has 13 heteroatoms. The second kappa shape index (κ2) is 23.6. The summed E-state index contributed by atoms with van der Waals surface area (Å²) in [5.74, 6) is 11.4. The Bertz CT molecular complexity index is 4020. The number of aromatic amines is 2. The van der Waals surface area contributed by atoms with Crippen molar-refractivity contribution in [2.45, 2.75) is 170 Å². The third-order valence-corrected chi connectivity index (χ3v) is 22.8. The first-order valence-electron chi connectivity index (χ1n) is 33.4. The van der Waals surface area contributed by atoms with Crippen molar-refractivity contribution in [3.8, 4) is 52.1 Å². The van der Waals surface area contributed by atoms with Crippen LogP contribution in [-0.4, -0.2) is 95.7 Å². The van der Waals surface area contributed by atoms with Crippen LogP contribution in [0, 0.1) is 52.8 Å². The first kappa shape index (κ1) is 58.7. The fourth-order valence-electron chi connectivity index (χ4n) is 18.4. The lowest BCUT2D eigenvalue weighted by molar-refractivity contribution is -0.136. The van der Waals surface area contributed by atoms with Crippen LogP contribution in [0.3, 0.4) is 0 Å². The molecule has 0 radical (unpaired) electrons. The highest BCUT2D eigenvalue weighted by Gasteiger charge is 2.62. The first-order chi connectivity index (χ1) is 43.8. The number of nitrogens with one attached hydrogen (secondary N) is 4.